The maximum Gasteiger partial charge on any atom is 0.512 e. The van der Waals surface area contributed by atoms with E-state index in [1.807, 2.05) is 30.3 Å². The van der Waals surface area contributed by atoms with Gasteiger partial charge in [-0.25, -0.2) is 26.0 Å². The largest absolute Gasteiger partial charge is 0.512 e. The second-order valence-electron chi connectivity index (χ2n) is 4.38. The number of aromatic nitrogens is 2. The second kappa shape index (κ2) is 8.33. The van der Waals surface area contributed by atoms with E-state index in [1.54, 1.807) is 0 Å². The first-order valence-electron chi connectivity index (χ1n) is 6.06. The van der Waals surface area contributed by atoms with Crippen LogP contribution < -0.4 is 8.69 Å². The Hall–Kier alpha value is -1.39. The highest BCUT2D eigenvalue weighted by Gasteiger charge is 2.55. The molecule has 0 radical (unpaired) electrons. The average Bonchev–Trinajstić information content (AvgIpc) is 2.79. The molecule has 0 amide bonds. The topological polar surface area (TPSA) is 109 Å². The monoisotopic (exact) mass is 422 g/mol. The van der Waals surface area contributed by atoms with Crippen LogP contribution in [0, 0.1) is 0 Å². The number of aliphatic hydroxyl groups is 1. The maximum absolute atomic E-state index is 11.5. The molecule has 0 aliphatic heterocycles. The van der Waals surface area contributed by atoms with Crippen LogP contribution >= 0.6 is 0 Å². The summed E-state index contributed by atoms with van der Waals surface area (Å²) in [5.41, 5.74) is -12.3. The molecule has 2 N–H and O–H groups in total. The van der Waals surface area contributed by atoms with E-state index in [1.165, 1.54) is 0 Å². The van der Waals surface area contributed by atoms with Crippen LogP contribution in [0.2, 0.25) is 0 Å². The number of nitrogens with zero attached hydrogens (tertiary/aromatic N) is 2. The van der Waals surface area contributed by atoms with Crippen LogP contribution in [-0.2, 0) is 33.6 Å². The molecule has 0 unspecified atom stereocenters. The van der Waals surface area contributed by atoms with Gasteiger partial charge in [-0.2, -0.15) is 26.3 Å². The molecule has 148 valence electrons. The SMILES string of the molecule is C[n+]1ccn(CCCO)c1.O=S(=O)(NS(=O)(=O)C(F)(F)F)C(F)(F)F. The van der Waals surface area contributed by atoms with E-state index in [-0.39, 0.29) is 6.61 Å². The number of hydrogen-bond donors (Lipinski definition) is 2. The number of hydrogen-bond acceptors (Lipinski definition) is 5. The smallest absolute Gasteiger partial charge is 0.396 e. The zero-order valence-corrected chi connectivity index (χ0v) is 14.0. The first-order chi connectivity index (χ1) is 11.0. The molecule has 0 saturated heterocycles. The molecule has 0 bridgehead atoms. The summed E-state index contributed by atoms with van der Waals surface area (Å²) in [4.78, 5) is 0. The van der Waals surface area contributed by atoms with Crippen molar-refractivity contribution in [2.24, 2.45) is 7.05 Å². The molecule has 0 saturated carbocycles. The molecule has 0 spiro atoms. The average molecular weight is 422 g/mol. The van der Waals surface area contributed by atoms with Crippen molar-refractivity contribution in [3.63, 3.8) is 0 Å². The number of rotatable bonds is 5. The number of imidazole rings is 1. The summed E-state index contributed by atoms with van der Waals surface area (Å²) in [6, 6.07) is 0. The van der Waals surface area contributed by atoms with E-state index in [0.29, 0.717) is 0 Å². The minimum absolute atomic E-state index is 0.266. The lowest BCUT2D eigenvalue weighted by Gasteiger charge is -2.11. The van der Waals surface area contributed by atoms with Gasteiger partial charge in [-0.05, 0) is 0 Å². The van der Waals surface area contributed by atoms with Crippen molar-refractivity contribution in [3.8, 4) is 0 Å². The van der Waals surface area contributed by atoms with Crippen molar-refractivity contribution < 1.29 is 52.9 Å². The predicted octanol–water partition coefficient (Wildman–Crippen LogP) is -0.0298. The molecule has 16 heteroatoms. The van der Waals surface area contributed by atoms with Crippen LogP contribution in [0.15, 0.2) is 18.7 Å². The van der Waals surface area contributed by atoms with Crippen molar-refractivity contribution in [1.82, 2.24) is 8.69 Å². The molecular formula is C9H14F6N3O5S2+. The number of sulfonamides is 2. The van der Waals surface area contributed by atoms with E-state index in [9.17, 15) is 43.2 Å². The fourth-order valence-electron chi connectivity index (χ4n) is 1.13. The van der Waals surface area contributed by atoms with Crippen LogP contribution in [0.25, 0.3) is 0 Å². The van der Waals surface area contributed by atoms with E-state index < -0.39 is 35.2 Å². The van der Waals surface area contributed by atoms with Gasteiger partial charge in [0, 0.05) is 13.0 Å². The number of aliphatic hydroxyl groups excluding tert-OH is 1. The Morgan fingerprint density at radius 1 is 1.04 bits per heavy atom. The Morgan fingerprint density at radius 3 is 1.76 bits per heavy atom. The number of aryl methyl sites for hydroxylation is 2. The highest BCUT2D eigenvalue weighted by Crippen LogP contribution is 2.27. The third kappa shape index (κ3) is 7.57. The molecule has 1 heterocycles. The normalized spacial score (nSPS) is 13.3. The molecule has 1 aromatic rings. The summed E-state index contributed by atoms with van der Waals surface area (Å²) in [7, 11) is -11.2. The minimum atomic E-state index is -6.60. The Morgan fingerprint density at radius 2 is 1.48 bits per heavy atom. The third-order valence-electron chi connectivity index (χ3n) is 2.23. The Bertz CT molecular complexity index is 711. The zero-order chi connectivity index (χ0) is 20.1. The first kappa shape index (κ1) is 23.6. The van der Waals surface area contributed by atoms with Gasteiger partial charge in [0.2, 0.25) is 6.33 Å². The standard InChI is InChI=1S/C7H13N2O.C2HF6NO4S2/c1-8-4-5-9(7-8)3-2-6-10;3-1(4,5)14(10,11)9-15(12,13)2(6,7)8/h4-5,7,10H,2-3,6H2,1H3;9H/q+1;. The Kier molecular flexibility index (Phi) is 7.86. The molecule has 0 fully saturated rings. The first-order valence-corrected chi connectivity index (χ1v) is 9.03. The van der Waals surface area contributed by atoms with Gasteiger partial charge in [0.1, 0.15) is 12.4 Å². The van der Waals surface area contributed by atoms with Gasteiger partial charge >= 0.3 is 31.1 Å². The summed E-state index contributed by atoms with van der Waals surface area (Å²) in [5, 5.41) is 8.51. The number of alkyl halides is 6. The molecule has 1 aromatic heterocycles. The van der Waals surface area contributed by atoms with Gasteiger partial charge in [-0.3, -0.25) is 0 Å². The third-order valence-corrected chi connectivity index (χ3v) is 5.20. The van der Waals surface area contributed by atoms with Gasteiger partial charge in [-0.15, -0.1) is 0 Å². The quantitative estimate of drug-likeness (QED) is 0.512. The fraction of sp³-hybridized carbons (Fsp3) is 0.667. The minimum Gasteiger partial charge on any atom is -0.396 e. The van der Waals surface area contributed by atoms with Crippen molar-refractivity contribution in [2.45, 2.75) is 24.0 Å². The number of halogens is 6. The second-order valence-corrected chi connectivity index (χ2v) is 7.98. The zero-order valence-electron chi connectivity index (χ0n) is 12.4. The highest BCUT2D eigenvalue weighted by atomic mass is 32.3. The van der Waals surface area contributed by atoms with E-state index in [2.05, 4.69) is 4.57 Å². The summed E-state index contributed by atoms with van der Waals surface area (Å²) in [6.07, 6.45) is 6.80. The summed E-state index contributed by atoms with van der Waals surface area (Å²) in [5.74, 6) is 0. The van der Waals surface area contributed by atoms with Crippen LogP contribution in [0.5, 0.6) is 0 Å². The number of nitrogens with one attached hydrogen (secondary N) is 1. The Balaban J connectivity index is 0.000000496. The molecule has 0 atom stereocenters. The molecule has 0 aromatic carbocycles. The lowest BCUT2D eigenvalue weighted by atomic mass is 10.4. The van der Waals surface area contributed by atoms with E-state index in [4.69, 9.17) is 5.11 Å². The van der Waals surface area contributed by atoms with Gasteiger partial charge < -0.3 is 5.11 Å². The van der Waals surface area contributed by atoms with Crippen molar-refractivity contribution >= 4 is 20.0 Å². The lowest BCUT2D eigenvalue weighted by Crippen LogP contribution is -2.45. The van der Waals surface area contributed by atoms with Gasteiger partial charge in [-0.1, -0.05) is 4.13 Å². The molecular weight excluding hydrogens is 408 g/mol. The molecule has 1 rings (SSSR count). The lowest BCUT2D eigenvalue weighted by molar-refractivity contribution is -0.671. The van der Waals surface area contributed by atoms with Gasteiger partial charge in [0.25, 0.3) is 0 Å². The van der Waals surface area contributed by atoms with Crippen molar-refractivity contribution in [3.05, 3.63) is 18.7 Å². The molecule has 0 aliphatic rings. The van der Waals surface area contributed by atoms with E-state index >= 15 is 0 Å². The van der Waals surface area contributed by atoms with Crippen LogP contribution in [-0.4, -0.2) is 44.1 Å². The van der Waals surface area contributed by atoms with Crippen molar-refractivity contribution in [1.29, 1.82) is 0 Å². The van der Waals surface area contributed by atoms with Crippen LogP contribution in [0.4, 0.5) is 26.3 Å². The van der Waals surface area contributed by atoms with Crippen LogP contribution in [0.1, 0.15) is 6.42 Å². The van der Waals surface area contributed by atoms with Gasteiger partial charge in [0.15, 0.2) is 0 Å². The fourth-order valence-corrected chi connectivity index (χ4v) is 3.04. The van der Waals surface area contributed by atoms with Gasteiger partial charge in [0.05, 0.1) is 13.6 Å². The Labute approximate surface area is 138 Å². The summed E-state index contributed by atoms with van der Waals surface area (Å²) in [6.45, 7) is 1.17. The summed E-state index contributed by atoms with van der Waals surface area (Å²) < 4.78 is 112. The van der Waals surface area contributed by atoms with Crippen molar-refractivity contribution in [2.75, 3.05) is 6.61 Å². The summed E-state index contributed by atoms with van der Waals surface area (Å²) >= 11 is 0. The van der Waals surface area contributed by atoms with E-state index in [0.717, 1.165) is 13.0 Å². The molecule has 25 heavy (non-hydrogen) atoms. The molecule has 8 nitrogen and oxygen atoms in total. The highest BCUT2D eigenvalue weighted by molar-refractivity contribution is 8.05. The maximum atomic E-state index is 11.5. The van der Waals surface area contributed by atoms with Crippen LogP contribution in [0.3, 0.4) is 0 Å². The molecule has 0 aliphatic carbocycles. The predicted molar refractivity (Wildman–Crippen MR) is 70.4 cm³/mol.